The Morgan fingerprint density at radius 3 is 0.910 bits per heavy atom. The Balaban J connectivity index is -0.000000364. The van der Waals surface area contributed by atoms with Gasteiger partial charge in [-0.2, -0.15) is 5.26 Å². The normalized spacial score (nSPS) is 10.1. The number of nitrogen functional groups attached to an aromatic ring is 1. The van der Waals surface area contributed by atoms with E-state index in [1.54, 1.807) is 56.3 Å². The van der Waals surface area contributed by atoms with Crippen molar-refractivity contribution in [2.24, 2.45) is 4.30 Å². The zero-order valence-corrected chi connectivity index (χ0v) is 85.5. The van der Waals surface area contributed by atoms with Crippen LogP contribution in [0.25, 0.3) is 0 Å². The molecule has 0 unspecified atom stereocenters. The maximum absolute atomic E-state index is 10.2. The van der Waals surface area contributed by atoms with Gasteiger partial charge < -0.3 is 110 Å². The van der Waals surface area contributed by atoms with E-state index in [0.29, 0.717) is 115 Å². The summed E-state index contributed by atoms with van der Waals surface area (Å²) in [5, 5.41) is 98.2. The van der Waals surface area contributed by atoms with E-state index in [-0.39, 0.29) is 84.3 Å². The number of anilines is 6. The van der Waals surface area contributed by atoms with Crippen LogP contribution in [0.3, 0.4) is 0 Å². The molecule has 0 spiro atoms. The molecule has 6 heterocycles. The Morgan fingerprint density at radius 2 is 0.609 bits per heavy atom. The van der Waals surface area contributed by atoms with Crippen molar-refractivity contribution in [1.29, 1.82) is 5.26 Å². The molecule has 40 heteroatoms. The van der Waals surface area contributed by atoms with Crippen LogP contribution in [-0.2, 0) is 93.7 Å². The van der Waals surface area contributed by atoms with E-state index in [2.05, 4.69) is 100 Å². The molecule has 765 valence electrons. The summed E-state index contributed by atoms with van der Waals surface area (Å²) in [5.41, 5.74) is 13.4. The van der Waals surface area contributed by atoms with Crippen LogP contribution in [0.4, 0.5) is 35.7 Å². The summed E-state index contributed by atoms with van der Waals surface area (Å²) in [6.45, 7) is 8.19. The monoisotopic (exact) mass is 1980 g/mol. The SMILES string of the molecule is C.C.CC#N.CN(C)c1nc(CO)c(O)c(CCCCCCCCCCO)n1.CO.COCOCCCCCCCCCCc1cc(CO)nc(N(C)C)n1.COCOCCCCCCCCCCc1nc(N(C)C)nc(CO)c1Br.COCOCCCCCCCCCCc1nc(N(C)C)nc(CO)c1O.Cc1cc(CO)nc(N(C)C)n1.Cc1cc(CO)nc(N)n1.Cl.[B]=NS. The number of hydrogen-bond donors (Lipinski definition) is 12. The summed E-state index contributed by atoms with van der Waals surface area (Å²) in [7, 11) is 29.1. The van der Waals surface area contributed by atoms with Gasteiger partial charge in [0.2, 0.25) is 35.7 Å². The number of nitrogens with zero attached hydrogens (tertiary/aromatic N) is 19. The van der Waals surface area contributed by atoms with E-state index in [0.717, 1.165) is 138 Å². The van der Waals surface area contributed by atoms with Gasteiger partial charge in [-0.3, -0.25) is 0 Å². The molecular weight excluding hydrogens is 1810 g/mol. The van der Waals surface area contributed by atoms with Crippen molar-refractivity contribution in [3.8, 4) is 17.6 Å². The van der Waals surface area contributed by atoms with Gasteiger partial charge in [-0.25, -0.2) is 59.8 Å². The Labute approximate surface area is 819 Å². The van der Waals surface area contributed by atoms with E-state index in [4.69, 9.17) is 59.8 Å². The van der Waals surface area contributed by atoms with Crippen molar-refractivity contribution in [1.82, 2.24) is 59.8 Å². The first-order valence-electron chi connectivity index (χ1n) is 45.3. The molecule has 0 saturated heterocycles. The summed E-state index contributed by atoms with van der Waals surface area (Å²) in [5.74, 6) is 3.29. The van der Waals surface area contributed by atoms with Crippen molar-refractivity contribution in [3.63, 3.8) is 0 Å². The minimum atomic E-state index is -0.282. The number of aliphatic hydroxyl groups is 8. The van der Waals surface area contributed by atoms with E-state index < -0.39 is 0 Å². The number of ether oxygens (including phenoxy) is 6. The van der Waals surface area contributed by atoms with Crippen LogP contribution in [0.1, 0.15) is 296 Å². The number of methoxy groups -OCH3 is 3. The van der Waals surface area contributed by atoms with Crippen LogP contribution in [0.2, 0.25) is 0 Å². The van der Waals surface area contributed by atoms with Gasteiger partial charge in [0.15, 0.2) is 11.5 Å². The van der Waals surface area contributed by atoms with Gasteiger partial charge in [0.05, 0.1) is 90.0 Å². The van der Waals surface area contributed by atoms with E-state index >= 15 is 0 Å². The van der Waals surface area contributed by atoms with Gasteiger partial charge in [0, 0.05) is 149 Å². The van der Waals surface area contributed by atoms with Gasteiger partial charge in [-0.1, -0.05) is 169 Å². The first kappa shape index (κ1) is 137. The molecule has 0 aliphatic carbocycles. The number of rotatable bonds is 60. The molecule has 0 aromatic carbocycles. The average Bonchev–Trinajstić information content (AvgIpc) is 0.839. The average molecular weight is 1990 g/mol. The fourth-order valence-electron chi connectivity index (χ4n) is 12.2. The van der Waals surface area contributed by atoms with Crippen molar-refractivity contribution in [3.05, 3.63) is 91.0 Å². The number of thiol groups is 1. The number of aromatic hydroxyl groups is 2. The molecule has 0 fully saturated rings. The summed E-state index contributed by atoms with van der Waals surface area (Å²) in [6, 6.07) is 7.13. The van der Waals surface area contributed by atoms with Crippen LogP contribution in [0.15, 0.2) is 27.0 Å². The molecule has 0 amide bonds. The van der Waals surface area contributed by atoms with Crippen molar-refractivity contribution in [2.75, 3.05) is 176 Å². The fraction of sp³-hybridized carbons (Fsp3) is 0.731. The molecule has 0 aliphatic heterocycles. The van der Waals surface area contributed by atoms with Crippen LogP contribution >= 0.6 is 41.2 Å². The second-order valence-electron chi connectivity index (χ2n) is 31.3. The summed E-state index contributed by atoms with van der Waals surface area (Å²) in [6.07, 6.45) is 41.2. The van der Waals surface area contributed by atoms with Gasteiger partial charge in [0.1, 0.15) is 31.8 Å². The molecule has 133 heavy (non-hydrogen) atoms. The first-order chi connectivity index (χ1) is 62.6. The molecule has 12 N–H and O–H groups in total. The standard InChI is InChI=1S/C19H34BrN3O3.C19H35N3O4.C19H35N3O3.C17H31N3O3.C8H13N3O.C6H9N3O.C2H3N.CH4O.2CH4.BHNS.ClH/c1-23(2)19-21-16(18(20)17(14-24)22-19)12-10-8-6-4-5-7-9-11-13-26-15-25-3;1-22(2)19-20-16(18(24)17(14-23)21-19)12-10-8-6-4-5-7-9-11-13-26-15-25-3;1-22(2)19-20-17(14-18(15-23)21-19)12-10-8-6-4-5-7-9-11-13-25-16-24-3;1-20(2)17-18-14(16(23)15(13-22)19-17)11-9-7-5-3-4-6-8-10-12-21;1-6-4-7(5-12)10-8(9-6)11(2)3;1-4-2-5(3-10)9-6(7)8-4;1-2-3;1-2;;;1-2-3;/h24H,4-15H2,1-3H3;23-24H,4-15H2,1-3H3;14,23H,4-13,15-16H2,1-3H3;21-23H,3-13H2,1-2H3;4,12H,5H2,1-3H3;2,10H,3H2,1H3,(H2,7,8,9);1H3;2H,1H3;2*1H4;3H;1H. The third-order valence-electron chi connectivity index (χ3n) is 18.9. The van der Waals surface area contributed by atoms with Crippen LogP contribution in [0.5, 0.6) is 11.5 Å². The van der Waals surface area contributed by atoms with Gasteiger partial charge in [0.25, 0.3) is 0 Å². The molecular formula is C93H174BBrClN20O16S. The van der Waals surface area contributed by atoms with Gasteiger partial charge in [-0.05, 0) is 125 Å². The molecule has 6 aromatic heterocycles. The number of aliphatic hydroxyl groups excluding tert-OH is 8. The number of aromatic nitrogens is 12. The number of hydrogen-bond acceptors (Lipinski definition) is 37. The van der Waals surface area contributed by atoms with Gasteiger partial charge in [-0.15, -0.1) is 12.4 Å². The van der Waals surface area contributed by atoms with Gasteiger partial charge >= 0.3 is 24.8 Å². The minimum absolute atomic E-state index is 0. The van der Waals surface area contributed by atoms with E-state index in [1.165, 1.54) is 142 Å². The van der Waals surface area contributed by atoms with Crippen molar-refractivity contribution >= 4 is 84.5 Å². The molecule has 36 nitrogen and oxygen atoms in total. The maximum atomic E-state index is 10.2. The number of nitrogens with two attached hydrogens (primary N) is 1. The van der Waals surface area contributed by atoms with Crippen molar-refractivity contribution < 1.29 is 79.5 Å². The van der Waals surface area contributed by atoms with E-state index in [1.807, 2.05) is 98.2 Å². The third-order valence-corrected chi connectivity index (χ3v) is 19.8. The predicted molar refractivity (Wildman–Crippen MR) is 545 cm³/mol. The van der Waals surface area contributed by atoms with E-state index in [9.17, 15) is 30.6 Å². The van der Waals surface area contributed by atoms with Crippen LogP contribution < -0.4 is 30.2 Å². The third kappa shape index (κ3) is 71.9. The molecule has 0 bridgehead atoms. The second kappa shape index (κ2) is 93.8. The molecule has 0 aliphatic rings. The topological polar surface area (TPSA) is 491 Å². The summed E-state index contributed by atoms with van der Waals surface area (Å²) >= 11 is 6.73. The quantitative estimate of drug-likeness (QED) is 0.00730. The van der Waals surface area contributed by atoms with Crippen LogP contribution in [-0.4, -0.2) is 264 Å². The number of nitriles is 1. The van der Waals surface area contributed by atoms with Crippen LogP contribution in [0, 0.1) is 25.2 Å². The molecule has 6 aromatic rings. The Morgan fingerprint density at radius 1 is 0.368 bits per heavy atom. The molecule has 0 saturated carbocycles. The summed E-state index contributed by atoms with van der Waals surface area (Å²) < 4.78 is 33.9. The second-order valence-corrected chi connectivity index (χ2v) is 32.3. The number of halogens is 2. The Kier molecular flexibility index (Phi) is 96.3. The fourth-order valence-corrected chi connectivity index (χ4v) is 12.7. The number of unbranched alkanes of at least 4 members (excludes halogenated alkanes) is 28. The summed E-state index contributed by atoms with van der Waals surface area (Å²) in [4.78, 5) is 59.9. The number of aryl methyl sites for hydroxylation is 6. The molecule has 0 atom stereocenters. The first-order valence-corrected chi connectivity index (χ1v) is 46.5. The predicted octanol–water partition coefficient (Wildman–Crippen LogP) is 15.0. The Bertz CT molecular complexity index is 3670. The molecule has 1 radical (unpaired) electrons. The van der Waals surface area contributed by atoms with Crippen molar-refractivity contribution in [2.45, 2.75) is 306 Å². The zero-order valence-electron chi connectivity index (χ0n) is 82.2. The Hall–Kier alpha value is -7.21. The molecule has 6 rings (SSSR count). The zero-order chi connectivity index (χ0) is 97.9.